The van der Waals surface area contributed by atoms with Crippen molar-refractivity contribution in [1.29, 1.82) is 0 Å². The maximum atomic E-state index is 12.9. The Morgan fingerprint density at radius 3 is 2.60 bits per heavy atom. The van der Waals surface area contributed by atoms with Gasteiger partial charge in [0.25, 0.3) is 0 Å². The average Bonchev–Trinajstić information content (AvgIpc) is 2.27. The highest BCUT2D eigenvalue weighted by Gasteiger charge is 2.10. The van der Waals surface area contributed by atoms with E-state index >= 15 is 0 Å². The molecule has 0 spiro atoms. The van der Waals surface area contributed by atoms with Gasteiger partial charge in [0.15, 0.2) is 0 Å². The molecule has 0 heterocycles. The second-order valence-electron chi connectivity index (χ2n) is 3.73. The molecule has 82 valence electrons. The summed E-state index contributed by atoms with van der Waals surface area (Å²) >= 11 is 0. The molecule has 0 fully saturated rings. The van der Waals surface area contributed by atoms with Crippen LogP contribution in [0.25, 0.3) is 0 Å². The third-order valence-electron chi connectivity index (χ3n) is 2.43. The standard InChI is InChI=1S/C13H17FO/c1-2-12(14)10-13(15)9-8-11-6-4-3-5-7-11/h3-7,12H,2,8-10H2,1H3. The van der Waals surface area contributed by atoms with Gasteiger partial charge in [0.05, 0.1) is 0 Å². The van der Waals surface area contributed by atoms with Gasteiger partial charge in [-0.15, -0.1) is 0 Å². The largest absolute Gasteiger partial charge is 0.300 e. The maximum absolute atomic E-state index is 12.9. The van der Waals surface area contributed by atoms with Crippen LogP contribution in [0.1, 0.15) is 31.7 Å². The van der Waals surface area contributed by atoms with Crippen LogP contribution in [0.4, 0.5) is 4.39 Å². The fourth-order valence-corrected chi connectivity index (χ4v) is 1.42. The van der Waals surface area contributed by atoms with Crippen molar-refractivity contribution in [2.45, 2.75) is 38.8 Å². The highest BCUT2D eigenvalue weighted by atomic mass is 19.1. The van der Waals surface area contributed by atoms with E-state index in [0.717, 1.165) is 12.0 Å². The molecule has 0 aliphatic rings. The van der Waals surface area contributed by atoms with Crippen LogP contribution in [0.2, 0.25) is 0 Å². The molecule has 0 bridgehead atoms. The number of hydrogen-bond acceptors (Lipinski definition) is 1. The second-order valence-corrected chi connectivity index (χ2v) is 3.73. The van der Waals surface area contributed by atoms with Crippen molar-refractivity contribution in [3.63, 3.8) is 0 Å². The summed E-state index contributed by atoms with van der Waals surface area (Å²) < 4.78 is 12.9. The van der Waals surface area contributed by atoms with Crippen LogP contribution in [-0.4, -0.2) is 12.0 Å². The molecule has 1 atom stereocenters. The van der Waals surface area contributed by atoms with Crippen LogP contribution in [0.15, 0.2) is 30.3 Å². The van der Waals surface area contributed by atoms with Gasteiger partial charge in [-0.1, -0.05) is 37.3 Å². The number of carbonyl (C=O) groups is 1. The van der Waals surface area contributed by atoms with Gasteiger partial charge in [-0.2, -0.15) is 0 Å². The fourth-order valence-electron chi connectivity index (χ4n) is 1.42. The minimum Gasteiger partial charge on any atom is -0.300 e. The van der Waals surface area contributed by atoms with Crippen molar-refractivity contribution in [3.8, 4) is 0 Å². The van der Waals surface area contributed by atoms with E-state index in [-0.39, 0.29) is 12.2 Å². The van der Waals surface area contributed by atoms with Gasteiger partial charge in [0.2, 0.25) is 0 Å². The highest BCUT2D eigenvalue weighted by molar-refractivity contribution is 5.79. The first-order chi connectivity index (χ1) is 7.22. The van der Waals surface area contributed by atoms with Gasteiger partial charge in [-0.3, -0.25) is 4.79 Å². The minimum atomic E-state index is -0.965. The number of hydrogen-bond donors (Lipinski definition) is 0. The number of rotatable bonds is 6. The number of aryl methyl sites for hydroxylation is 1. The number of Topliss-reactive ketones (excluding diaryl/α,β-unsaturated/α-hetero) is 1. The van der Waals surface area contributed by atoms with Crippen molar-refractivity contribution in [3.05, 3.63) is 35.9 Å². The molecule has 0 radical (unpaired) electrons. The van der Waals surface area contributed by atoms with E-state index in [4.69, 9.17) is 0 Å². The van der Waals surface area contributed by atoms with E-state index in [0.29, 0.717) is 12.8 Å². The molecule has 0 aromatic heterocycles. The summed E-state index contributed by atoms with van der Waals surface area (Å²) in [7, 11) is 0. The van der Waals surface area contributed by atoms with Crippen molar-refractivity contribution in [2.75, 3.05) is 0 Å². The number of alkyl halides is 1. The Hall–Kier alpha value is -1.18. The number of halogens is 1. The number of ketones is 1. The molecular formula is C13H17FO. The minimum absolute atomic E-state index is 0.0215. The zero-order valence-electron chi connectivity index (χ0n) is 9.08. The van der Waals surface area contributed by atoms with E-state index < -0.39 is 6.17 Å². The van der Waals surface area contributed by atoms with Gasteiger partial charge in [0.1, 0.15) is 12.0 Å². The van der Waals surface area contributed by atoms with Crippen molar-refractivity contribution < 1.29 is 9.18 Å². The van der Waals surface area contributed by atoms with Gasteiger partial charge in [-0.25, -0.2) is 4.39 Å². The van der Waals surface area contributed by atoms with E-state index in [2.05, 4.69) is 0 Å². The van der Waals surface area contributed by atoms with Gasteiger partial charge < -0.3 is 0 Å². The summed E-state index contributed by atoms with van der Waals surface area (Å²) in [6, 6.07) is 9.81. The number of carbonyl (C=O) groups excluding carboxylic acids is 1. The summed E-state index contributed by atoms with van der Waals surface area (Å²) in [6.45, 7) is 1.76. The zero-order valence-corrected chi connectivity index (χ0v) is 9.08. The molecule has 0 saturated heterocycles. The lowest BCUT2D eigenvalue weighted by molar-refractivity contribution is -0.120. The molecule has 0 amide bonds. The Bertz CT molecular complexity index is 295. The fraction of sp³-hybridized carbons (Fsp3) is 0.462. The Morgan fingerprint density at radius 2 is 2.00 bits per heavy atom. The molecule has 0 aliphatic carbocycles. The third kappa shape index (κ3) is 4.73. The summed E-state index contributed by atoms with van der Waals surface area (Å²) in [5.74, 6) is 0.0215. The molecule has 1 aromatic rings. The van der Waals surface area contributed by atoms with Gasteiger partial charge in [0, 0.05) is 12.8 Å². The number of benzene rings is 1. The molecule has 0 N–H and O–H groups in total. The Kier molecular flexibility index (Phi) is 5.02. The van der Waals surface area contributed by atoms with Crippen molar-refractivity contribution in [1.82, 2.24) is 0 Å². The lowest BCUT2D eigenvalue weighted by Gasteiger charge is -2.04. The molecule has 0 saturated carbocycles. The summed E-state index contributed by atoms with van der Waals surface area (Å²) in [6.07, 6.45) is 0.703. The van der Waals surface area contributed by atoms with E-state index in [9.17, 15) is 9.18 Å². The Labute approximate surface area is 90.3 Å². The van der Waals surface area contributed by atoms with E-state index in [1.165, 1.54) is 0 Å². The van der Waals surface area contributed by atoms with Crippen LogP contribution < -0.4 is 0 Å². The van der Waals surface area contributed by atoms with Crippen LogP contribution >= 0.6 is 0 Å². The topological polar surface area (TPSA) is 17.1 Å². The predicted octanol–water partition coefficient (Wildman–Crippen LogP) is 3.33. The zero-order chi connectivity index (χ0) is 11.1. The Balaban J connectivity index is 2.29. The lowest BCUT2D eigenvalue weighted by Crippen LogP contribution is -2.08. The summed E-state index contributed by atoms with van der Waals surface area (Å²) in [4.78, 5) is 11.3. The third-order valence-corrected chi connectivity index (χ3v) is 2.43. The normalized spacial score (nSPS) is 12.4. The van der Waals surface area contributed by atoms with Gasteiger partial charge in [-0.05, 0) is 18.4 Å². The molecule has 1 unspecified atom stereocenters. The van der Waals surface area contributed by atoms with E-state index in [1.54, 1.807) is 6.92 Å². The van der Waals surface area contributed by atoms with Crippen LogP contribution in [0, 0.1) is 0 Å². The molecule has 1 nitrogen and oxygen atoms in total. The monoisotopic (exact) mass is 208 g/mol. The molecular weight excluding hydrogens is 191 g/mol. The molecule has 1 aromatic carbocycles. The smallest absolute Gasteiger partial charge is 0.136 e. The molecule has 0 aliphatic heterocycles. The SMILES string of the molecule is CCC(F)CC(=O)CCc1ccccc1. The highest BCUT2D eigenvalue weighted by Crippen LogP contribution is 2.08. The van der Waals surface area contributed by atoms with E-state index in [1.807, 2.05) is 30.3 Å². The predicted molar refractivity (Wildman–Crippen MR) is 59.6 cm³/mol. The average molecular weight is 208 g/mol. The quantitative estimate of drug-likeness (QED) is 0.700. The van der Waals surface area contributed by atoms with Crippen LogP contribution in [-0.2, 0) is 11.2 Å². The molecule has 1 rings (SSSR count). The van der Waals surface area contributed by atoms with Crippen molar-refractivity contribution >= 4 is 5.78 Å². The second kappa shape index (κ2) is 6.33. The summed E-state index contributed by atoms with van der Waals surface area (Å²) in [5, 5.41) is 0. The molecule has 2 heteroatoms. The first-order valence-corrected chi connectivity index (χ1v) is 5.42. The van der Waals surface area contributed by atoms with Crippen LogP contribution in [0.3, 0.4) is 0 Å². The lowest BCUT2D eigenvalue weighted by atomic mass is 10.0. The molecule has 15 heavy (non-hydrogen) atoms. The first-order valence-electron chi connectivity index (χ1n) is 5.42. The first kappa shape index (κ1) is 11.9. The van der Waals surface area contributed by atoms with Crippen molar-refractivity contribution in [2.24, 2.45) is 0 Å². The summed E-state index contributed by atoms with van der Waals surface area (Å²) in [5.41, 5.74) is 1.14. The van der Waals surface area contributed by atoms with Gasteiger partial charge >= 0.3 is 0 Å². The maximum Gasteiger partial charge on any atom is 0.136 e. The van der Waals surface area contributed by atoms with Crippen LogP contribution in [0.5, 0.6) is 0 Å². The Morgan fingerprint density at radius 1 is 1.33 bits per heavy atom.